The van der Waals surface area contributed by atoms with E-state index in [1.807, 2.05) is 58.0 Å². The molecule has 0 bridgehead atoms. The van der Waals surface area contributed by atoms with Gasteiger partial charge in [0.1, 0.15) is 30.8 Å². The van der Waals surface area contributed by atoms with Crippen LogP contribution in [0.3, 0.4) is 0 Å². The fourth-order valence-electron chi connectivity index (χ4n) is 11.6. The van der Waals surface area contributed by atoms with Gasteiger partial charge in [-0.15, -0.1) is 6.42 Å². The Labute approximate surface area is 512 Å². The van der Waals surface area contributed by atoms with E-state index in [0.29, 0.717) is 31.4 Å². The summed E-state index contributed by atoms with van der Waals surface area (Å²) in [5.74, 6) is -5.09. The number of ketones is 1. The molecule has 4 rings (SSSR count). The van der Waals surface area contributed by atoms with Crippen LogP contribution in [0.25, 0.3) is 0 Å². The fraction of sp³-hybridized carbons (Fsp3) is 0.641. The second-order valence-electron chi connectivity index (χ2n) is 23.1. The molecule has 1 N–H and O–H groups in total. The first kappa shape index (κ1) is 72.2. The molecule has 2 aliphatic heterocycles. The van der Waals surface area contributed by atoms with E-state index in [1.165, 1.54) is 51.5 Å². The molecule has 2 aliphatic rings. The summed E-state index contributed by atoms with van der Waals surface area (Å²) in [4.78, 5) is 127. The zero-order valence-corrected chi connectivity index (χ0v) is 53.4. The highest BCUT2D eigenvalue weighted by Crippen LogP contribution is 2.36. The van der Waals surface area contributed by atoms with E-state index in [0.717, 1.165) is 26.5 Å². The van der Waals surface area contributed by atoms with Crippen LogP contribution in [0.4, 0.5) is 4.79 Å². The molecule has 0 aromatic heterocycles. The number of carbonyl (C=O) groups is 9. The van der Waals surface area contributed by atoms with Crippen molar-refractivity contribution in [2.45, 2.75) is 175 Å². The van der Waals surface area contributed by atoms with Gasteiger partial charge in [-0.05, 0) is 48.3 Å². The Morgan fingerprint density at radius 1 is 0.828 bits per heavy atom. The third-order valence-corrected chi connectivity index (χ3v) is 16.4. The minimum absolute atomic E-state index is 0.0675. The molecule has 2 aromatic rings. The topological polar surface area (TPSA) is 268 Å². The normalized spacial score (nSPS) is 21.0. The van der Waals surface area contributed by atoms with Gasteiger partial charge >= 0.3 is 30.0 Å². The van der Waals surface area contributed by atoms with Gasteiger partial charge in [0.05, 0.1) is 56.9 Å². The third-order valence-electron chi connectivity index (χ3n) is 16.4. The van der Waals surface area contributed by atoms with E-state index in [4.69, 9.17) is 53.8 Å². The highest BCUT2D eigenvalue weighted by atomic mass is 16.7. The lowest BCUT2D eigenvalue weighted by molar-refractivity contribution is -0.266. The largest absolute Gasteiger partial charge is 0.480 e. The Hall–Kier alpha value is -7.29. The lowest BCUT2D eigenvalue weighted by Gasteiger charge is -2.42. The number of terminal acetylenes is 1. The average Bonchev–Trinajstić information content (AvgIpc) is 2.71. The number of hydrogen-bond donors (Lipinski definition) is 1. The maximum absolute atomic E-state index is 14.9. The van der Waals surface area contributed by atoms with Crippen LogP contribution in [0.15, 0.2) is 48.5 Å². The molecule has 2 fully saturated rings. The SMILES string of the molecule is C#CCOc1cc(O[C@@H]2O[C@H](C(=O)OC)[C@@H](C)[C@H](OC(C)=O)[C@H]2OC(C)=O)ccc1COC(=O)N(C)[C@H](C(=O)C[C@H](C(=O)N(C)[C@@H](C(C)CC)[C@@H](CC(=O)N1CCC[C@H]1[C@H](OC)[C@@H](C)C(=O)NC(Cc1ccccc1)C(=O)OC)OC)C(C)C)C(C)C. The second-order valence-corrected chi connectivity index (χ2v) is 23.1. The summed E-state index contributed by atoms with van der Waals surface area (Å²) >= 11 is 0. The van der Waals surface area contributed by atoms with Crippen LogP contribution >= 0.6 is 0 Å². The molecule has 0 aliphatic carbocycles. The minimum atomic E-state index is -1.50. The molecule has 0 radical (unpaired) electrons. The monoisotopic (exact) mass is 1220 g/mol. The maximum atomic E-state index is 14.9. The van der Waals surface area contributed by atoms with Gasteiger partial charge in [0.2, 0.25) is 30.1 Å². The van der Waals surface area contributed by atoms with E-state index in [9.17, 15) is 43.2 Å². The van der Waals surface area contributed by atoms with Crippen LogP contribution in [-0.4, -0.2) is 185 Å². The van der Waals surface area contributed by atoms with Gasteiger partial charge in [0.15, 0.2) is 18.0 Å². The predicted octanol–water partition coefficient (Wildman–Crippen LogP) is 6.12. The van der Waals surface area contributed by atoms with Gasteiger partial charge in [-0.1, -0.05) is 98.1 Å². The van der Waals surface area contributed by atoms with E-state index in [-0.39, 0.29) is 73.4 Å². The number of likely N-dealkylation sites (tertiary alicyclic amines) is 1. The smallest absolute Gasteiger partial charge is 0.410 e. The zero-order chi connectivity index (χ0) is 65.0. The van der Waals surface area contributed by atoms with Gasteiger partial charge in [0.25, 0.3) is 0 Å². The summed E-state index contributed by atoms with van der Waals surface area (Å²) in [6.07, 6.45) is -0.430. The summed E-state index contributed by atoms with van der Waals surface area (Å²) < 4.78 is 56.8. The number of nitrogens with zero attached hydrogens (tertiary/aromatic N) is 3. The molecule has 0 spiro atoms. The number of carbonyl (C=O) groups excluding carboxylic acids is 9. The van der Waals surface area contributed by atoms with Crippen molar-refractivity contribution in [3.05, 3.63) is 59.7 Å². The van der Waals surface area contributed by atoms with E-state index in [1.54, 1.807) is 44.5 Å². The predicted molar refractivity (Wildman–Crippen MR) is 317 cm³/mol. The Kier molecular flexibility index (Phi) is 28.5. The number of ether oxygens (including phenoxy) is 10. The number of amides is 4. The number of benzene rings is 2. The highest BCUT2D eigenvalue weighted by molar-refractivity contribution is 5.92. The highest BCUT2D eigenvalue weighted by Gasteiger charge is 2.52. The molecule has 87 heavy (non-hydrogen) atoms. The lowest BCUT2D eigenvalue weighted by atomic mass is 9.83. The van der Waals surface area contributed by atoms with Crippen molar-refractivity contribution in [2.75, 3.05) is 55.7 Å². The molecular weight excluding hydrogens is 1130 g/mol. The Bertz CT molecular complexity index is 2700. The average molecular weight is 1220 g/mol. The summed E-state index contributed by atoms with van der Waals surface area (Å²) in [6.45, 7) is 16.6. The Morgan fingerprint density at radius 3 is 2.05 bits per heavy atom. The van der Waals surface area contributed by atoms with E-state index >= 15 is 0 Å². The Balaban J connectivity index is 1.50. The van der Waals surface area contributed by atoms with E-state index in [2.05, 4.69) is 11.2 Å². The molecule has 23 nitrogen and oxygen atoms in total. The molecule has 4 amide bonds. The van der Waals surface area contributed by atoms with E-state index < -0.39 is 121 Å². The van der Waals surface area contributed by atoms with Crippen molar-refractivity contribution in [1.82, 2.24) is 20.0 Å². The van der Waals surface area contributed by atoms with Gasteiger partial charge in [-0.2, -0.15) is 0 Å². The standard InChI is InChI=1S/C64H92N4O19/c1-18-30-82-50-32-45(86-63-58(85-42(11)70)56(84-41(10)69)39(8)57(87-63)62(76)81-17)28-27-44(50)35-83-64(77)67(13)53(37(5)6)49(71)33-46(36(3)4)60(74)66(12)54(38(7)19-2)51(78-14)34-52(72)68-29-23-26-48(68)55(79-15)40(9)59(73)65-47(61(75)80-16)31-43-24-21-20-22-25-43/h1,20-22,24-25,27-28,32,36-40,46-48,51,53-58,63H,19,23,26,29-31,33-35H2,2-17H3,(H,65,73)/t38?,39-,40+,46-,47?,48-,51+,53-,54-,55+,56-,57-,58+,63+/m0/s1. The number of rotatable bonds is 31. The molecule has 482 valence electrons. The van der Waals surface area contributed by atoms with Crippen LogP contribution in [0.5, 0.6) is 11.5 Å². The van der Waals surface area contributed by atoms with Crippen LogP contribution in [-0.2, 0) is 89.3 Å². The first-order chi connectivity index (χ1) is 41.2. The molecule has 2 unspecified atom stereocenters. The lowest BCUT2D eigenvalue weighted by Crippen LogP contribution is -2.60. The third kappa shape index (κ3) is 19.4. The number of methoxy groups -OCH3 is 4. The van der Waals surface area contributed by atoms with Crippen molar-refractivity contribution >= 4 is 53.5 Å². The van der Waals surface area contributed by atoms with Crippen molar-refractivity contribution in [2.24, 2.45) is 35.5 Å². The van der Waals surface area contributed by atoms with Gasteiger partial charge < -0.3 is 67.4 Å². The minimum Gasteiger partial charge on any atom is -0.480 e. The van der Waals surface area contributed by atoms with Crippen LogP contribution in [0, 0.1) is 47.9 Å². The number of Topliss-reactive ketones (excluding diaryl/α,β-unsaturated/α-hetero) is 1. The molecule has 0 saturated carbocycles. The molecule has 14 atom stereocenters. The zero-order valence-electron chi connectivity index (χ0n) is 53.4. The summed E-state index contributed by atoms with van der Waals surface area (Å²) in [7, 11) is 8.50. The molecule has 23 heteroatoms. The molecule has 2 heterocycles. The molecule has 2 aromatic carbocycles. The number of likely N-dealkylation sites (N-methyl/N-ethyl adjacent to an activating group) is 2. The quantitative estimate of drug-likeness (QED) is 0.0506. The van der Waals surface area contributed by atoms with Crippen molar-refractivity contribution in [3.8, 4) is 23.8 Å². The number of esters is 4. The van der Waals surface area contributed by atoms with Crippen LogP contribution in [0.2, 0.25) is 0 Å². The Morgan fingerprint density at radius 2 is 1.48 bits per heavy atom. The van der Waals surface area contributed by atoms with Crippen LogP contribution in [0.1, 0.15) is 112 Å². The summed E-state index contributed by atoms with van der Waals surface area (Å²) in [5.41, 5.74) is 1.16. The second kappa shape index (κ2) is 34.3. The van der Waals surface area contributed by atoms with Gasteiger partial charge in [-0.3, -0.25) is 28.8 Å². The first-order valence-corrected chi connectivity index (χ1v) is 29.6. The van der Waals surface area contributed by atoms with Crippen molar-refractivity contribution in [3.63, 3.8) is 0 Å². The van der Waals surface area contributed by atoms with Gasteiger partial charge in [0, 0.05) is 85.0 Å². The first-order valence-electron chi connectivity index (χ1n) is 29.6. The van der Waals surface area contributed by atoms with Crippen molar-refractivity contribution in [1.29, 1.82) is 0 Å². The maximum Gasteiger partial charge on any atom is 0.410 e. The molecule has 2 saturated heterocycles. The summed E-state index contributed by atoms with van der Waals surface area (Å²) in [5, 5.41) is 2.85. The summed E-state index contributed by atoms with van der Waals surface area (Å²) in [6, 6.07) is 10.6. The fourth-order valence-corrected chi connectivity index (χ4v) is 11.6. The molecular formula is C64H92N4O19. The number of hydrogen-bond acceptors (Lipinski definition) is 19. The number of nitrogens with one attached hydrogen (secondary N) is 1. The van der Waals surface area contributed by atoms with Gasteiger partial charge in [-0.25, -0.2) is 14.4 Å². The van der Waals surface area contributed by atoms with Crippen LogP contribution < -0.4 is 14.8 Å². The van der Waals surface area contributed by atoms with Crippen molar-refractivity contribution < 1.29 is 90.5 Å².